The summed E-state index contributed by atoms with van der Waals surface area (Å²) in [5, 5.41) is 3.39. The van der Waals surface area contributed by atoms with Crippen LogP contribution in [0.4, 0.5) is 0 Å². The zero-order valence-corrected chi connectivity index (χ0v) is 11.3. The number of hydrogen-bond donors (Lipinski definition) is 1. The zero-order chi connectivity index (χ0) is 11.9. The monoisotopic (exact) mass is 227 g/mol. The van der Waals surface area contributed by atoms with Crippen molar-refractivity contribution in [2.45, 2.75) is 64.9 Å². The second kappa shape index (κ2) is 7.29. The molecule has 1 heterocycles. The average molecular weight is 227 g/mol. The molecule has 0 radical (unpaired) electrons. The van der Waals surface area contributed by atoms with Crippen molar-refractivity contribution in [2.24, 2.45) is 5.41 Å². The standard InChI is InChI=1S/C14H29NO/c1-4-6-9-14(5-2,12-15-3)11-13-8-7-10-16-13/h13,15H,4-12H2,1-3H3. The topological polar surface area (TPSA) is 21.3 Å². The quantitative estimate of drug-likeness (QED) is 0.686. The van der Waals surface area contributed by atoms with Crippen LogP contribution in [-0.4, -0.2) is 26.3 Å². The van der Waals surface area contributed by atoms with E-state index in [0.717, 1.165) is 13.2 Å². The summed E-state index contributed by atoms with van der Waals surface area (Å²) in [5.74, 6) is 0. The molecular formula is C14H29NO. The van der Waals surface area contributed by atoms with Gasteiger partial charge in [0.25, 0.3) is 0 Å². The molecule has 2 nitrogen and oxygen atoms in total. The Morgan fingerprint density at radius 3 is 2.69 bits per heavy atom. The first-order chi connectivity index (χ1) is 7.76. The Hall–Kier alpha value is -0.0800. The van der Waals surface area contributed by atoms with Crippen LogP contribution in [0.3, 0.4) is 0 Å². The van der Waals surface area contributed by atoms with Gasteiger partial charge in [0.05, 0.1) is 6.10 Å². The molecule has 1 fully saturated rings. The van der Waals surface area contributed by atoms with Gasteiger partial charge in [-0.25, -0.2) is 0 Å². The van der Waals surface area contributed by atoms with Gasteiger partial charge in [0.1, 0.15) is 0 Å². The van der Waals surface area contributed by atoms with Gasteiger partial charge in [-0.1, -0.05) is 26.7 Å². The smallest absolute Gasteiger partial charge is 0.0581 e. The van der Waals surface area contributed by atoms with Crippen LogP contribution < -0.4 is 5.32 Å². The van der Waals surface area contributed by atoms with Gasteiger partial charge < -0.3 is 10.1 Å². The predicted octanol–water partition coefficient (Wildman–Crippen LogP) is 3.36. The molecule has 0 aliphatic carbocycles. The maximum absolute atomic E-state index is 5.81. The Morgan fingerprint density at radius 2 is 2.19 bits per heavy atom. The predicted molar refractivity (Wildman–Crippen MR) is 69.8 cm³/mol. The molecule has 2 heteroatoms. The van der Waals surface area contributed by atoms with Gasteiger partial charge in [-0.2, -0.15) is 0 Å². The molecule has 2 unspecified atom stereocenters. The summed E-state index contributed by atoms with van der Waals surface area (Å²) in [6.45, 7) is 6.75. The van der Waals surface area contributed by atoms with E-state index in [9.17, 15) is 0 Å². The Balaban J connectivity index is 2.51. The summed E-state index contributed by atoms with van der Waals surface area (Å²) >= 11 is 0. The normalized spacial score (nSPS) is 24.6. The van der Waals surface area contributed by atoms with E-state index in [1.807, 2.05) is 0 Å². The van der Waals surface area contributed by atoms with Gasteiger partial charge in [-0.05, 0) is 44.6 Å². The fraction of sp³-hybridized carbons (Fsp3) is 1.00. The van der Waals surface area contributed by atoms with E-state index < -0.39 is 0 Å². The third-order valence-electron chi connectivity index (χ3n) is 4.05. The second-order valence-electron chi connectivity index (χ2n) is 5.33. The molecule has 96 valence electrons. The first-order valence-corrected chi connectivity index (χ1v) is 7.02. The van der Waals surface area contributed by atoms with E-state index in [2.05, 4.69) is 26.2 Å². The summed E-state index contributed by atoms with van der Waals surface area (Å²) in [6.07, 6.45) is 9.60. The summed E-state index contributed by atoms with van der Waals surface area (Å²) in [4.78, 5) is 0. The number of rotatable bonds is 8. The summed E-state index contributed by atoms with van der Waals surface area (Å²) in [5.41, 5.74) is 0.472. The maximum Gasteiger partial charge on any atom is 0.0581 e. The molecule has 16 heavy (non-hydrogen) atoms. The SMILES string of the molecule is CCCCC(CC)(CNC)CC1CCCO1. The molecule has 1 aliphatic rings. The Labute approximate surface area is 101 Å². The fourth-order valence-corrected chi connectivity index (χ4v) is 2.92. The zero-order valence-electron chi connectivity index (χ0n) is 11.3. The largest absolute Gasteiger partial charge is 0.378 e. The molecule has 0 saturated carbocycles. The maximum atomic E-state index is 5.81. The van der Waals surface area contributed by atoms with E-state index in [-0.39, 0.29) is 0 Å². The minimum absolute atomic E-state index is 0.472. The van der Waals surface area contributed by atoms with Gasteiger partial charge in [0.2, 0.25) is 0 Å². The second-order valence-corrected chi connectivity index (χ2v) is 5.33. The number of hydrogen-bond acceptors (Lipinski definition) is 2. The van der Waals surface area contributed by atoms with Gasteiger partial charge >= 0.3 is 0 Å². The van der Waals surface area contributed by atoms with E-state index in [0.29, 0.717) is 11.5 Å². The summed E-state index contributed by atoms with van der Waals surface area (Å²) in [6, 6.07) is 0. The molecule has 1 aliphatic heterocycles. The minimum atomic E-state index is 0.472. The molecule has 0 bridgehead atoms. The van der Waals surface area contributed by atoms with E-state index in [4.69, 9.17) is 4.74 Å². The van der Waals surface area contributed by atoms with Gasteiger partial charge in [-0.3, -0.25) is 0 Å². The van der Waals surface area contributed by atoms with Crippen LogP contribution in [0, 0.1) is 5.41 Å². The highest BCUT2D eigenvalue weighted by molar-refractivity contribution is 4.84. The number of ether oxygens (including phenoxy) is 1. The minimum Gasteiger partial charge on any atom is -0.378 e. The lowest BCUT2D eigenvalue weighted by molar-refractivity contribution is 0.0540. The molecule has 0 aromatic heterocycles. The average Bonchev–Trinajstić information content (AvgIpc) is 2.79. The van der Waals surface area contributed by atoms with Crippen molar-refractivity contribution in [3.63, 3.8) is 0 Å². The van der Waals surface area contributed by atoms with Crippen molar-refractivity contribution < 1.29 is 4.74 Å². The Morgan fingerprint density at radius 1 is 1.38 bits per heavy atom. The van der Waals surface area contributed by atoms with E-state index >= 15 is 0 Å². The molecule has 1 N–H and O–H groups in total. The molecule has 0 amide bonds. The Kier molecular flexibility index (Phi) is 6.37. The molecule has 1 saturated heterocycles. The van der Waals surface area contributed by atoms with Crippen molar-refractivity contribution in [2.75, 3.05) is 20.2 Å². The molecule has 1 rings (SSSR count). The first-order valence-electron chi connectivity index (χ1n) is 7.02. The van der Waals surface area contributed by atoms with Crippen molar-refractivity contribution in [3.05, 3.63) is 0 Å². The molecule has 0 spiro atoms. The van der Waals surface area contributed by atoms with Crippen LogP contribution in [0.25, 0.3) is 0 Å². The molecule has 2 atom stereocenters. The van der Waals surface area contributed by atoms with Crippen LogP contribution in [0.15, 0.2) is 0 Å². The van der Waals surface area contributed by atoms with Crippen molar-refractivity contribution in [1.82, 2.24) is 5.32 Å². The lowest BCUT2D eigenvalue weighted by atomic mass is 9.75. The highest BCUT2D eigenvalue weighted by atomic mass is 16.5. The van der Waals surface area contributed by atoms with Crippen molar-refractivity contribution >= 4 is 0 Å². The molecular weight excluding hydrogens is 198 g/mol. The third kappa shape index (κ3) is 4.06. The highest BCUT2D eigenvalue weighted by Gasteiger charge is 2.31. The van der Waals surface area contributed by atoms with E-state index in [1.165, 1.54) is 44.9 Å². The molecule has 0 aromatic carbocycles. The van der Waals surface area contributed by atoms with Crippen LogP contribution in [0.2, 0.25) is 0 Å². The van der Waals surface area contributed by atoms with Crippen LogP contribution in [0.5, 0.6) is 0 Å². The van der Waals surface area contributed by atoms with Crippen molar-refractivity contribution in [3.8, 4) is 0 Å². The Bertz CT molecular complexity index is 178. The van der Waals surface area contributed by atoms with Crippen LogP contribution >= 0.6 is 0 Å². The lowest BCUT2D eigenvalue weighted by Gasteiger charge is -2.35. The first kappa shape index (κ1) is 14.0. The summed E-state index contributed by atoms with van der Waals surface area (Å²) < 4.78 is 5.81. The van der Waals surface area contributed by atoms with Crippen LogP contribution in [-0.2, 0) is 4.74 Å². The lowest BCUT2D eigenvalue weighted by Crippen LogP contribution is -2.35. The molecule has 0 aromatic rings. The van der Waals surface area contributed by atoms with Gasteiger partial charge in [-0.15, -0.1) is 0 Å². The van der Waals surface area contributed by atoms with Crippen molar-refractivity contribution in [1.29, 1.82) is 0 Å². The van der Waals surface area contributed by atoms with Gasteiger partial charge in [0.15, 0.2) is 0 Å². The summed E-state index contributed by atoms with van der Waals surface area (Å²) in [7, 11) is 2.08. The third-order valence-corrected chi connectivity index (χ3v) is 4.05. The van der Waals surface area contributed by atoms with Crippen LogP contribution in [0.1, 0.15) is 58.8 Å². The van der Waals surface area contributed by atoms with Gasteiger partial charge in [0, 0.05) is 13.2 Å². The number of unbranched alkanes of at least 4 members (excludes halogenated alkanes) is 1. The van der Waals surface area contributed by atoms with E-state index in [1.54, 1.807) is 0 Å². The fourth-order valence-electron chi connectivity index (χ4n) is 2.92. The number of nitrogens with one attached hydrogen (secondary N) is 1. The highest BCUT2D eigenvalue weighted by Crippen LogP contribution is 2.36.